The van der Waals surface area contributed by atoms with E-state index in [1.165, 1.54) is 135 Å². The van der Waals surface area contributed by atoms with Crippen LogP contribution in [0.25, 0.3) is 0 Å². The zero-order valence-corrected chi connectivity index (χ0v) is 55.2. The Balaban J connectivity index is 4.21. The predicted octanol–water partition coefficient (Wildman–Crippen LogP) is 21.2. The number of phosphoric ester groups is 1. The van der Waals surface area contributed by atoms with Crippen molar-refractivity contribution in [2.24, 2.45) is 0 Å². The first-order valence-electron chi connectivity index (χ1n) is 34.0. The Labute approximate surface area is 513 Å². The Morgan fingerprint density at radius 3 is 1.06 bits per heavy atom. The van der Waals surface area contributed by atoms with Crippen LogP contribution in [0.1, 0.15) is 277 Å². The maximum absolute atomic E-state index is 13.0. The van der Waals surface area contributed by atoms with Gasteiger partial charge in [0.05, 0.1) is 39.9 Å². The zero-order valence-electron chi connectivity index (χ0n) is 54.4. The minimum Gasteiger partial charge on any atom is -0.756 e. The molecule has 0 fully saturated rings. The van der Waals surface area contributed by atoms with Crippen molar-refractivity contribution < 1.29 is 32.9 Å². The summed E-state index contributed by atoms with van der Waals surface area (Å²) in [6.45, 7) is 4.59. The van der Waals surface area contributed by atoms with E-state index in [-0.39, 0.29) is 19.1 Å². The van der Waals surface area contributed by atoms with Gasteiger partial charge in [-0.25, -0.2) is 0 Å². The molecule has 9 heteroatoms. The number of aliphatic hydroxyl groups is 1. The quantitative estimate of drug-likeness (QED) is 0.0272. The van der Waals surface area contributed by atoms with E-state index in [0.29, 0.717) is 23.9 Å². The number of carbonyl (C=O) groups is 1. The Morgan fingerprint density at radius 1 is 0.434 bits per heavy atom. The molecule has 3 atom stereocenters. The molecule has 476 valence electrons. The summed E-state index contributed by atoms with van der Waals surface area (Å²) in [5, 5.41) is 14.1. The molecule has 0 radical (unpaired) electrons. The molecule has 83 heavy (non-hydrogen) atoms. The largest absolute Gasteiger partial charge is 0.756 e. The van der Waals surface area contributed by atoms with Crippen molar-refractivity contribution in [1.29, 1.82) is 0 Å². The van der Waals surface area contributed by atoms with Crippen LogP contribution in [-0.2, 0) is 18.4 Å². The maximum Gasteiger partial charge on any atom is 0.268 e. The van der Waals surface area contributed by atoms with E-state index in [1.807, 2.05) is 21.1 Å². The normalized spacial score (nSPS) is 14.5. The van der Waals surface area contributed by atoms with Gasteiger partial charge in [-0.1, -0.05) is 308 Å². The van der Waals surface area contributed by atoms with Gasteiger partial charge in [0.15, 0.2) is 0 Å². The van der Waals surface area contributed by atoms with Gasteiger partial charge in [0.1, 0.15) is 13.2 Å². The monoisotopic (exact) mass is 1170 g/mol. The second-order valence-electron chi connectivity index (χ2n) is 23.8. The Hall–Kier alpha value is -3.36. The fourth-order valence-corrected chi connectivity index (χ4v) is 10.1. The smallest absolute Gasteiger partial charge is 0.268 e. The second-order valence-corrected chi connectivity index (χ2v) is 25.2. The summed E-state index contributed by atoms with van der Waals surface area (Å²) in [5.74, 6) is -0.199. The lowest BCUT2D eigenvalue weighted by Crippen LogP contribution is -2.46. The van der Waals surface area contributed by atoms with Gasteiger partial charge >= 0.3 is 0 Å². The number of phosphoric acid groups is 1. The van der Waals surface area contributed by atoms with Crippen LogP contribution >= 0.6 is 7.82 Å². The van der Waals surface area contributed by atoms with E-state index < -0.39 is 20.0 Å². The van der Waals surface area contributed by atoms with Crippen molar-refractivity contribution in [3.63, 3.8) is 0 Å². The van der Waals surface area contributed by atoms with Crippen molar-refractivity contribution in [3.8, 4) is 0 Å². The van der Waals surface area contributed by atoms with Crippen LogP contribution in [0.3, 0.4) is 0 Å². The van der Waals surface area contributed by atoms with Crippen LogP contribution in [0.2, 0.25) is 0 Å². The number of hydrogen-bond donors (Lipinski definition) is 2. The highest BCUT2D eigenvalue weighted by Crippen LogP contribution is 2.38. The van der Waals surface area contributed by atoms with E-state index in [1.54, 1.807) is 0 Å². The van der Waals surface area contributed by atoms with Crippen molar-refractivity contribution in [2.75, 3.05) is 40.9 Å². The van der Waals surface area contributed by atoms with Gasteiger partial charge in [-0.3, -0.25) is 9.36 Å². The van der Waals surface area contributed by atoms with E-state index in [9.17, 15) is 19.4 Å². The molecule has 0 aromatic heterocycles. The van der Waals surface area contributed by atoms with Crippen molar-refractivity contribution in [1.82, 2.24) is 5.32 Å². The van der Waals surface area contributed by atoms with E-state index in [4.69, 9.17) is 9.05 Å². The summed E-state index contributed by atoms with van der Waals surface area (Å²) < 4.78 is 23.5. The van der Waals surface area contributed by atoms with Crippen LogP contribution < -0.4 is 10.2 Å². The molecule has 1 amide bonds. The maximum atomic E-state index is 13.0. The van der Waals surface area contributed by atoms with Crippen LogP contribution in [0, 0.1) is 0 Å². The SMILES string of the molecule is CC/C=C\C/C=C\C/C=C\C/C=C\C/C=C\C/C=C\C/C=C\C/C=C\C/C=C\C/C=C\C/C=C\CCCCCC(=O)NC(COP(=O)([O-])OCC[N+](C)(C)C)C(O)CCCCCCCCCCCCCCCCCCCCCCCCCC. The van der Waals surface area contributed by atoms with Gasteiger partial charge in [0.2, 0.25) is 5.91 Å². The lowest BCUT2D eigenvalue weighted by Gasteiger charge is -2.30. The van der Waals surface area contributed by atoms with E-state index in [2.05, 4.69) is 153 Å². The summed E-state index contributed by atoms with van der Waals surface area (Å²) in [4.78, 5) is 25.6. The number of amides is 1. The third-order valence-corrected chi connectivity index (χ3v) is 15.6. The molecule has 0 bridgehead atoms. The van der Waals surface area contributed by atoms with Crippen molar-refractivity contribution in [2.45, 2.75) is 289 Å². The molecule has 0 rings (SSSR count). The van der Waals surface area contributed by atoms with E-state index >= 15 is 0 Å². The number of hydrogen-bond acceptors (Lipinski definition) is 6. The number of unbranched alkanes of at least 4 members (excludes halogenated alkanes) is 26. The van der Waals surface area contributed by atoms with Crippen LogP contribution in [0.4, 0.5) is 0 Å². The molecule has 8 nitrogen and oxygen atoms in total. The molecule has 0 aromatic carbocycles. The number of quaternary nitrogens is 1. The summed E-state index contributed by atoms with van der Waals surface area (Å²) in [6, 6.07) is -0.830. The van der Waals surface area contributed by atoms with Gasteiger partial charge in [-0.2, -0.15) is 0 Å². The molecule has 0 saturated heterocycles. The highest BCUT2D eigenvalue weighted by Gasteiger charge is 2.24. The lowest BCUT2D eigenvalue weighted by atomic mass is 10.0. The van der Waals surface area contributed by atoms with E-state index in [0.717, 1.165) is 116 Å². The standard InChI is InChI=1S/C74H129N2O6P/c1-6-8-10-12-14-16-18-20-22-24-26-28-30-32-33-34-35-36-37-38-39-40-41-42-43-44-46-48-50-52-54-56-58-60-62-64-66-68-74(78)75-72(71-82-83(79,80)81-70-69-76(3,4)5)73(77)67-65-63-61-59-57-55-53-51-49-47-45-31-29-27-25-23-21-19-17-15-13-11-9-7-2/h8,10,14,16,20,22,26,28,32-33,35-36,38-39,41-42,44,46,50,52,56,58,72-73,77H,6-7,9,11-13,15,17-19,21,23-25,27,29-31,34,37,40,43,45,47-49,51,53-55,57,59-71H2,1-5H3,(H-,75,78,79,80)/b10-8-,16-14-,22-20-,28-26-,33-32-,36-35-,39-38-,42-41-,46-44-,52-50-,58-56-. The Kier molecular flexibility index (Phi) is 60.6. The number of rotatable bonds is 61. The van der Waals surface area contributed by atoms with Crippen LogP contribution in [0.15, 0.2) is 134 Å². The number of nitrogens with one attached hydrogen (secondary N) is 1. The minimum atomic E-state index is -4.60. The number of allylic oxidation sites excluding steroid dienone is 22. The minimum absolute atomic E-state index is 0.00129. The van der Waals surface area contributed by atoms with Gasteiger partial charge in [0, 0.05) is 6.42 Å². The molecule has 0 heterocycles. The number of nitrogens with zero attached hydrogens (tertiary/aromatic N) is 1. The average molecular weight is 1170 g/mol. The van der Waals surface area contributed by atoms with Crippen LogP contribution in [-0.4, -0.2) is 68.5 Å². The molecule has 0 saturated carbocycles. The Morgan fingerprint density at radius 2 is 0.735 bits per heavy atom. The summed E-state index contributed by atoms with van der Waals surface area (Å²) in [6.07, 6.45) is 95.1. The molecule has 0 aliphatic rings. The fraction of sp³-hybridized carbons (Fsp3) is 0.689. The van der Waals surface area contributed by atoms with Crippen molar-refractivity contribution in [3.05, 3.63) is 134 Å². The second kappa shape index (κ2) is 63.2. The summed E-state index contributed by atoms with van der Waals surface area (Å²) >= 11 is 0. The number of aliphatic hydroxyl groups excluding tert-OH is 1. The van der Waals surface area contributed by atoms with Crippen molar-refractivity contribution >= 4 is 13.7 Å². The predicted molar refractivity (Wildman–Crippen MR) is 362 cm³/mol. The molecule has 0 aromatic rings. The first-order valence-corrected chi connectivity index (χ1v) is 35.5. The molecular formula is C74H129N2O6P. The molecule has 3 unspecified atom stereocenters. The third kappa shape index (κ3) is 66.0. The number of likely N-dealkylation sites (N-methyl/N-ethyl adjacent to an activating group) is 1. The molecule has 0 aliphatic heterocycles. The van der Waals surface area contributed by atoms with Gasteiger partial charge in [-0.05, 0) is 96.3 Å². The molecule has 0 aliphatic carbocycles. The highest BCUT2D eigenvalue weighted by molar-refractivity contribution is 7.45. The fourth-order valence-electron chi connectivity index (χ4n) is 9.40. The average Bonchev–Trinajstić information content (AvgIpc) is 3.50. The number of carbonyl (C=O) groups excluding carboxylic acids is 1. The molecule has 2 N–H and O–H groups in total. The van der Waals surface area contributed by atoms with Gasteiger partial charge < -0.3 is 28.8 Å². The summed E-state index contributed by atoms with van der Waals surface area (Å²) in [7, 11) is 1.27. The van der Waals surface area contributed by atoms with Gasteiger partial charge in [-0.15, -0.1) is 0 Å². The van der Waals surface area contributed by atoms with Crippen LogP contribution in [0.5, 0.6) is 0 Å². The lowest BCUT2D eigenvalue weighted by molar-refractivity contribution is -0.870. The van der Waals surface area contributed by atoms with Gasteiger partial charge in [0.25, 0.3) is 7.82 Å². The highest BCUT2D eigenvalue weighted by atomic mass is 31.2. The topological polar surface area (TPSA) is 108 Å². The molecular weight excluding hydrogens is 1040 g/mol. The zero-order chi connectivity index (χ0) is 60.5. The first kappa shape index (κ1) is 79.6. The Bertz CT molecular complexity index is 1810. The first-order chi connectivity index (χ1) is 40.5. The third-order valence-electron chi connectivity index (χ3n) is 14.7. The summed E-state index contributed by atoms with van der Waals surface area (Å²) in [5.41, 5.74) is 0. The molecule has 0 spiro atoms.